The van der Waals surface area contributed by atoms with Gasteiger partial charge in [0.1, 0.15) is 5.76 Å². The molecule has 0 aliphatic carbocycles. The summed E-state index contributed by atoms with van der Waals surface area (Å²) in [6.45, 7) is 5.84. The van der Waals surface area contributed by atoms with E-state index in [1.165, 1.54) is 28.0 Å². The molecule has 9 heteroatoms. The van der Waals surface area contributed by atoms with E-state index in [0.717, 1.165) is 28.7 Å². The molecule has 39 heavy (non-hydrogen) atoms. The van der Waals surface area contributed by atoms with Crippen LogP contribution in [0.5, 0.6) is 0 Å². The van der Waals surface area contributed by atoms with E-state index in [-0.39, 0.29) is 11.3 Å². The molecule has 5 rings (SSSR count). The fraction of sp³-hybridized carbons (Fsp3) is 0.200. The number of thioether (sulfide) groups is 1. The van der Waals surface area contributed by atoms with Gasteiger partial charge in [-0.25, -0.2) is 0 Å². The van der Waals surface area contributed by atoms with Gasteiger partial charge in [-0.2, -0.15) is 0 Å². The number of hydrogen-bond donors (Lipinski definition) is 1. The van der Waals surface area contributed by atoms with E-state index in [1.54, 1.807) is 0 Å². The predicted molar refractivity (Wildman–Crippen MR) is 157 cm³/mol. The van der Waals surface area contributed by atoms with Crippen LogP contribution in [0.15, 0.2) is 76.6 Å². The van der Waals surface area contributed by atoms with Crippen molar-refractivity contribution in [2.24, 2.45) is 0 Å². The standard InChI is InChI=1S/C30H26ClN3O3S2/c1-4-19-7-11-21(12-8-19)25-24(26(35)23-15-17(2)5-6-18(23)3)27(36)28(37)34(25)29-32-33-30(39-29)38-16-20-9-13-22(31)14-10-20/h5-15,25,35H,4,16H2,1-3H3. The van der Waals surface area contributed by atoms with E-state index in [9.17, 15) is 14.7 Å². The van der Waals surface area contributed by atoms with Crippen molar-refractivity contribution in [2.45, 2.75) is 43.3 Å². The van der Waals surface area contributed by atoms with Gasteiger partial charge in [-0.15, -0.1) is 10.2 Å². The van der Waals surface area contributed by atoms with Gasteiger partial charge >= 0.3 is 5.91 Å². The zero-order valence-electron chi connectivity index (χ0n) is 21.6. The molecule has 0 spiro atoms. The third-order valence-electron chi connectivity index (χ3n) is 6.67. The second-order valence-electron chi connectivity index (χ2n) is 9.35. The number of benzene rings is 3. The van der Waals surface area contributed by atoms with Crippen LogP contribution in [-0.4, -0.2) is 27.0 Å². The minimum Gasteiger partial charge on any atom is -0.507 e. The summed E-state index contributed by atoms with van der Waals surface area (Å²) in [5.74, 6) is -1.03. The number of rotatable bonds is 7. The van der Waals surface area contributed by atoms with Crippen molar-refractivity contribution in [1.29, 1.82) is 0 Å². The molecule has 1 atom stereocenters. The van der Waals surface area contributed by atoms with Crippen molar-refractivity contribution in [3.05, 3.63) is 111 Å². The molecule has 4 aromatic rings. The molecule has 1 amide bonds. The number of aliphatic hydroxyl groups excluding tert-OH is 1. The highest BCUT2D eigenvalue weighted by atomic mass is 35.5. The number of aryl methyl sites for hydroxylation is 3. The van der Waals surface area contributed by atoms with E-state index in [4.69, 9.17) is 11.6 Å². The largest absolute Gasteiger partial charge is 0.507 e. The summed E-state index contributed by atoms with van der Waals surface area (Å²) >= 11 is 8.72. The number of Topliss-reactive ketones (excluding diaryl/α,β-unsaturated/α-hetero) is 1. The number of nitrogens with zero attached hydrogens (tertiary/aromatic N) is 3. The number of aliphatic hydroxyl groups is 1. The molecule has 0 bridgehead atoms. The van der Waals surface area contributed by atoms with E-state index in [1.807, 2.05) is 80.6 Å². The number of anilines is 1. The van der Waals surface area contributed by atoms with Crippen LogP contribution in [0, 0.1) is 13.8 Å². The van der Waals surface area contributed by atoms with Crippen LogP contribution in [-0.2, 0) is 21.8 Å². The van der Waals surface area contributed by atoms with E-state index in [0.29, 0.717) is 31.4 Å². The maximum Gasteiger partial charge on any atom is 0.301 e. The van der Waals surface area contributed by atoms with Crippen LogP contribution in [0.25, 0.3) is 5.76 Å². The first kappa shape index (κ1) is 27.1. The smallest absolute Gasteiger partial charge is 0.301 e. The van der Waals surface area contributed by atoms with Crippen molar-refractivity contribution in [2.75, 3.05) is 4.90 Å². The van der Waals surface area contributed by atoms with Crippen molar-refractivity contribution in [3.8, 4) is 0 Å². The van der Waals surface area contributed by atoms with Crippen LogP contribution in [0.2, 0.25) is 5.02 Å². The molecule has 198 valence electrons. The SMILES string of the molecule is CCc1ccc(C2C(=C(O)c3cc(C)ccc3C)C(=O)C(=O)N2c2nnc(SCc3ccc(Cl)cc3)s2)cc1. The Morgan fingerprint density at radius 1 is 1.00 bits per heavy atom. The van der Waals surface area contributed by atoms with Crippen molar-refractivity contribution >= 4 is 57.3 Å². The normalized spacial score (nSPS) is 16.7. The highest BCUT2D eigenvalue weighted by Crippen LogP contribution is 2.44. The van der Waals surface area contributed by atoms with Gasteiger partial charge in [0.25, 0.3) is 5.78 Å². The molecule has 3 aromatic carbocycles. The fourth-order valence-corrected chi connectivity index (χ4v) is 6.45. The quantitative estimate of drug-likeness (QED) is 0.0819. The number of hydrogen-bond acceptors (Lipinski definition) is 7. The second-order valence-corrected chi connectivity index (χ2v) is 12.0. The van der Waals surface area contributed by atoms with E-state index >= 15 is 0 Å². The maximum absolute atomic E-state index is 13.5. The lowest BCUT2D eigenvalue weighted by atomic mass is 9.93. The van der Waals surface area contributed by atoms with Gasteiger partial charge in [-0.1, -0.05) is 95.7 Å². The summed E-state index contributed by atoms with van der Waals surface area (Å²) < 4.78 is 0.663. The molecule has 6 nitrogen and oxygen atoms in total. The number of aromatic nitrogens is 2. The summed E-state index contributed by atoms with van der Waals surface area (Å²) in [5, 5.41) is 21.0. The summed E-state index contributed by atoms with van der Waals surface area (Å²) in [6.07, 6.45) is 0.855. The van der Waals surface area contributed by atoms with Gasteiger partial charge in [0, 0.05) is 16.3 Å². The molecule has 0 saturated carbocycles. The van der Waals surface area contributed by atoms with Gasteiger partial charge in [0.05, 0.1) is 11.6 Å². The molecule has 1 unspecified atom stereocenters. The zero-order chi connectivity index (χ0) is 27.7. The van der Waals surface area contributed by atoms with Crippen LogP contribution < -0.4 is 4.90 Å². The number of carbonyl (C=O) groups is 2. The van der Waals surface area contributed by atoms with Crippen molar-refractivity contribution in [3.63, 3.8) is 0 Å². The highest BCUT2D eigenvalue weighted by Gasteiger charge is 2.48. The summed E-state index contributed by atoms with van der Waals surface area (Å²) in [7, 11) is 0. The Labute approximate surface area is 240 Å². The van der Waals surface area contributed by atoms with Crippen LogP contribution >= 0.6 is 34.7 Å². The number of carbonyl (C=O) groups excluding carboxylic acids is 2. The molecule has 2 heterocycles. The van der Waals surface area contributed by atoms with Gasteiger partial charge in [-0.05, 0) is 60.7 Å². The monoisotopic (exact) mass is 575 g/mol. The lowest BCUT2D eigenvalue weighted by Gasteiger charge is -2.23. The Morgan fingerprint density at radius 2 is 1.69 bits per heavy atom. The van der Waals surface area contributed by atoms with Gasteiger partial charge in [0.2, 0.25) is 5.13 Å². The minimum absolute atomic E-state index is 0.0449. The molecule has 1 aliphatic heterocycles. The minimum atomic E-state index is -0.835. The Balaban J connectivity index is 1.56. The van der Waals surface area contributed by atoms with Crippen LogP contribution in [0.3, 0.4) is 0 Å². The van der Waals surface area contributed by atoms with E-state index < -0.39 is 17.7 Å². The molecule has 1 N–H and O–H groups in total. The van der Waals surface area contributed by atoms with Crippen molar-refractivity contribution < 1.29 is 14.7 Å². The number of ketones is 1. The molecular weight excluding hydrogens is 550 g/mol. The summed E-state index contributed by atoms with van der Waals surface area (Å²) in [4.78, 5) is 28.3. The van der Waals surface area contributed by atoms with Gasteiger partial charge < -0.3 is 5.11 Å². The summed E-state index contributed by atoms with van der Waals surface area (Å²) in [6, 6.07) is 20.1. The van der Waals surface area contributed by atoms with E-state index in [2.05, 4.69) is 17.1 Å². The number of halogens is 1. The first-order valence-corrected chi connectivity index (χ1v) is 14.6. The lowest BCUT2D eigenvalue weighted by molar-refractivity contribution is -0.132. The Morgan fingerprint density at radius 3 is 2.38 bits per heavy atom. The summed E-state index contributed by atoms with van der Waals surface area (Å²) in [5.41, 5.74) is 5.23. The first-order chi connectivity index (χ1) is 18.8. The molecule has 1 aliphatic rings. The Bertz CT molecular complexity index is 1580. The van der Waals surface area contributed by atoms with Gasteiger partial charge in [-0.3, -0.25) is 14.5 Å². The Kier molecular flexibility index (Phi) is 7.88. The highest BCUT2D eigenvalue weighted by molar-refractivity contribution is 8.00. The average molecular weight is 576 g/mol. The lowest BCUT2D eigenvalue weighted by Crippen LogP contribution is -2.29. The average Bonchev–Trinajstić information content (AvgIpc) is 3.51. The van der Waals surface area contributed by atoms with Crippen molar-refractivity contribution in [1.82, 2.24) is 10.2 Å². The third kappa shape index (κ3) is 5.50. The second kappa shape index (κ2) is 11.3. The van der Waals surface area contributed by atoms with Crippen LogP contribution in [0.4, 0.5) is 5.13 Å². The molecule has 1 fully saturated rings. The molecule has 0 radical (unpaired) electrons. The predicted octanol–water partition coefficient (Wildman–Crippen LogP) is 7.29. The zero-order valence-corrected chi connectivity index (χ0v) is 24.0. The first-order valence-electron chi connectivity index (χ1n) is 12.4. The third-order valence-corrected chi connectivity index (χ3v) is 9.05. The molecule has 1 saturated heterocycles. The Hall–Kier alpha value is -3.46. The van der Waals surface area contributed by atoms with Gasteiger partial charge in [0.15, 0.2) is 4.34 Å². The molecular formula is C30H26ClN3O3S2. The topological polar surface area (TPSA) is 83.4 Å². The molecule has 1 aromatic heterocycles. The fourth-order valence-electron chi connectivity index (χ4n) is 4.50. The van der Waals surface area contributed by atoms with Crippen LogP contribution in [0.1, 0.15) is 46.3 Å². The maximum atomic E-state index is 13.5. The number of amides is 1.